The SMILES string of the molecule is CNC1c2cc(CCOC)ccc2OCC1C. The largest absolute Gasteiger partial charge is 0.493 e. The molecule has 17 heavy (non-hydrogen) atoms. The van der Waals surface area contributed by atoms with Crippen molar-refractivity contribution in [3.05, 3.63) is 29.3 Å². The summed E-state index contributed by atoms with van der Waals surface area (Å²) in [5.41, 5.74) is 2.59. The van der Waals surface area contributed by atoms with Crippen LogP contribution in [0.5, 0.6) is 5.75 Å². The van der Waals surface area contributed by atoms with Gasteiger partial charge in [-0.05, 0) is 25.1 Å². The lowest BCUT2D eigenvalue weighted by Gasteiger charge is -2.31. The molecule has 94 valence electrons. The lowest BCUT2D eigenvalue weighted by molar-refractivity contribution is 0.192. The van der Waals surface area contributed by atoms with Gasteiger partial charge in [0.05, 0.1) is 13.2 Å². The van der Waals surface area contributed by atoms with Crippen molar-refractivity contribution in [3.63, 3.8) is 0 Å². The van der Waals surface area contributed by atoms with Gasteiger partial charge in [0.15, 0.2) is 0 Å². The van der Waals surface area contributed by atoms with Crippen molar-refractivity contribution in [1.29, 1.82) is 0 Å². The van der Waals surface area contributed by atoms with Gasteiger partial charge in [0, 0.05) is 24.6 Å². The lowest BCUT2D eigenvalue weighted by Crippen LogP contribution is -2.31. The number of rotatable bonds is 4. The summed E-state index contributed by atoms with van der Waals surface area (Å²) in [6, 6.07) is 6.84. The zero-order valence-corrected chi connectivity index (χ0v) is 10.8. The van der Waals surface area contributed by atoms with Crippen LogP contribution in [0.15, 0.2) is 18.2 Å². The van der Waals surface area contributed by atoms with Crippen LogP contribution in [0.2, 0.25) is 0 Å². The van der Waals surface area contributed by atoms with Gasteiger partial charge >= 0.3 is 0 Å². The monoisotopic (exact) mass is 235 g/mol. The van der Waals surface area contributed by atoms with Crippen LogP contribution in [0.1, 0.15) is 24.1 Å². The lowest BCUT2D eigenvalue weighted by atomic mass is 9.90. The number of ether oxygens (including phenoxy) is 2. The summed E-state index contributed by atoms with van der Waals surface area (Å²) in [5, 5.41) is 3.38. The maximum absolute atomic E-state index is 5.76. The predicted molar refractivity (Wildman–Crippen MR) is 68.5 cm³/mol. The molecular formula is C14H21NO2. The third-order valence-electron chi connectivity index (χ3n) is 3.39. The Morgan fingerprint density at radius 1 is 1.47 bits per heavy atom. The molecule has 0 spiro atoms. The normalized spacial score (nSPS) is 23.0. The molecule has 3 heteroatoms. The molecule has 0 saturated heterocycles. The fourth-order valence-corrected chi connectivity index (χ4v) is 2.41. The standard InChI is InChI=1S/C14H21NO2/c1-10-9-17-13-5-4-11(6-7-16-3)8-12(13)14(10)15-2/h4-5,8,10,14-15H,6-7,9H2,1-3H3. The molecule has 0 aromatic heterocycles. The second kappa shape index (κ2) is 5.52. The van der Waals surface area contributed by atoms with Crippen LogP contribution < -0.4 is 10.1 Å². The molecule has 1 aliphatic heterocycles. The Balaban J connectivity index is 2.25. The molecule has 1 N–H and O–H groups in total. The second-order valence-electron chi connectivity index (χ2n) is 4.67. The Bertz CT molecular complexity index is 378. The fourth-order valence-electron chi connectivity index (χ4n) is 2.41. The van der Waals surface area contributed by atoms with E-state index in [1.807, 2.05) is 7.05 Å². The van der Waals surface area contributed by atoms with E-state index in [1.165, 1.54) is 11.1 Å². The van der Waals surface area contributed by atoms with Crippen LogP contribution >= 0.6 is 0 Å². The molecule has 3 nitrogen and oxygen atoms in total. The van der Waals surface area contributed by atoms with Gasteiger partial charge < -0.3 is 14.8 Å². The van der Waals surface area contributed by atoms with E-state index in [9.17, 15) is 0 Å². The highest BCUT2D eigenvalue weighted by molar-refractivity contribution is 5.41. The number of hydrogen-bond donors (Lipinski definition) is 1. The quantitative estimate of drug-likeness (QED) is 0.867. The molecule has 0 amide bonds. The minimum Gasteiger partial charge on any atom is -0.493 e. The van der Waals surface area contributed by atoms with E-state index in [0.717, 1.165) is 25.4 Å². The Morgan fingerprint density at radius 2 is 2.29 bits per heavy atom. The first-order valence-corrected chi connectivity index (χ1v) is 6.18. The highest BCUT2D eigenvalue weighted by atomic mass is 16.5. The highest BCUT2D eigenvalue weighted by Gasteiger charge is 2.26. The van der Waals surface area contributed by atoms with Gasteiger partial charge in [-0.25, -0.2) is 0 Å². The molecule has 2 atom stereocenters. The smallest absolute Gasteiger partial charge is 0.124 e. The Morgan fingerprint density at radius 3 is 3.00 bits per heavy atom. The van der Waals surface area contributed by atoms with E-state index in [0.29, 0.717) is 12.0 Å². The molecule has 2 rings (SSSR count). The van der Waals surface area contributed by atoms with Crippen LogP contribution in [0.25, 0.3) is 0 Å². The van der Waals surface area contributed by atoms with Crippen molar-refractivity contribution < 1.29 is 9.47 Å². The molecule has 1 aromatic rings. The summed E-state index contributed by atoms with van der Waals surface area (Å²) >= 11 is 0. The number of fused-ring (bicyclic) bond motifs is 1. The van der Waals surface area contributed by atoms with E-state index in [1.54, 1.807) is 7.11 Å². The van der Waals surface area contributed by atoms with Crippen molar-refractivity contribution in [3.8, 4) is 5.75 Å². The van der Waals surface area contributed by atoms with E-state index < -0.39 is 0 Å². The topological polar surface area (TPSA) is 30.5 Å². The van der Waals surface area contributed by atoms with Gasteiger partial charge in [-0.1, -0.05) is 19.1 Å². The van der Waals surface area contributed by atoms with Crippen molar-refractivity contribution in [1.82, 2.24) is 5.32 Å². The summed E-state index contributed by atoms with van der Waals surface area (Å²) in [5.74, 6) is 1.52. The average molecular weight is 235 g/mol. The number of methoxy groups -OCH3 is 1. The summed E-state index contributed by atoms with van der Waals surface area (Å²) in [7, 11) is 3.75. The minimum atomic E-state index is 0.390. The minimum absolute atomic E-state index is 0.390. The number of benzene rings is 1. The molecule has 0 radical (unpaired) electrons. The number of nitrogens with one attached hydrogen (secondary N) is 1. The number of hydrogen-bond acceptors (Lipinski definition) is 3. The molecule has 2 unspecified atom stereocenters. The molecular weight excluding hydrogens is 214 g/mol. The van der Waals surface area contributed by atoms with Gasteiger partial charge in [-0.2, -0.15) is 0 Å². The van der Waals surface area contributed by atoms with Gasteiger partial charge in [0.2, 0.25) is 0 Å². The molecule has 0 saturated carbocycles. The van der Waals surface area contributed by atoms with Crippen molar-refractivity contribution in [2.45, 2.75) is 19.4 Å². The van der Waals surface area contributed by atoms with E-state index >= 15 is 0 Å². The summed E-state index contributed by atoms with van der Waals surface area (Å²) in [6.45, 7) is 3.77. The maximum atomic E-state index is 5.76. The van der Waals surface area contributed by atoms with Crippen molar-refractivity contribution >= 4 is 0 Å². The van der Waals surface area contributed by atoms with Gasteiger partial charge in [0.1, 0.15) is 5.75 Å². The van der Waals surface area contributed by atoms with Crippen LogP contribution in [0, 0.1) is 5.92 Å². The Kier molecular flexibility index (Phi) is 4.02. The Labute approximate surface area is 103 Å². The van der Waals surface area contributed by atoms with Crippen molar-refractivity contribution in [2.75, 3.05) is 27.4 Å². The molecule has 1 aromatic carbocycles. The van der Waals surface area contributed by atoms with Gasteiger partial charge in [-0.3, -0.25) is 0 Å². The van der Waals surface area contributed by atoms with E-state index in [4.69, 9.17) is 9.47 Å². The first-order valence-electron chi connectivity index (χ1n) is 6.18. The molecule has 1 aliphatic rings. The molecule has 0 fully saturated rings. The van der Waals surface area contributed by atoms with Crippen LogP contribution in [-0.2, 0) is 11.2 Å². The van der Waals surface area contributed by atoms with E-state index in [2.05, 4.69) is 30.4 Å². The summed E-state index contributed by atoms with van der Waals surface area (Å²) in [4.78, 5) is 0. The Hall–Kier alpha value is -1.06. The van der Waals surface area contributed by atoms with Gasteiger partial charge in [0.25, 0.3) is 0 Å². The third-order valence-corrected chi connectivity index (χ3v) is 3.39. The second-order valence-corrected chi connectivity index (χ2v) is 4.67. The fraction of sp³-hybridized carbons (Fsp3) is 0.571. The highest BCUT2D eigenvalue weighted by Crippen LogP contribution is 2.35. The first kappa shape index (κ1) is 12.4. The van der Waals surface area contributed by atoms with Gasteiger partial charge in [-0.15, -0.1) is 0 Å². The third kappa shape index (κ3) is 2.61. The predicted octanol–water partition coefficient (Wildman–Crippen LogP) is 2.16. The van der Waals surface area contributed by atoms with Crippen LogP contribution in [0.4, 0.5) is 0 Å². The molecule has 0 aliphatic carbocycles. The van der Waals surface area contributed by atoms with Crippen LogP contribution in [-0.4, -0.2) is 27.4 Å². The summed E-state index contributed by atoms with van der Waals surface area (Å²) < 4.78 is 10.9. The maximum Gasteiger partial charge on any atom is 0.124 e. The molecule has 1 heterocycles. The molecule has 0 bridgehead atoms. The average Bonchev–Trinajstić information content (AvgIpc) is 2.36. The zero-order chi connectivity index (χ0) is 12.3. The zero-order valence-electron chi connectivity index (χ0n) is 10.8. The van der Waals surface area contributed by atoms with Crippen molar-refractivity contribution in [2.24, 2.45) is 5.92 Å². The summed E-state index contributed by atoms with van der Waals surface area (Å²) in [6.07, 6.45) is 0.953. The van der Waals surface area contributed by atoms with E-state index in [-0.39, 0.29) is 0 Å². The van der Waals surface area contributed by atoms with Crippen LogP contribution in [0.3, 0.4) is 0 Å². The first-order chi connectivity index (χ1) is 8.26.